The highest BCUT2D eigenvalue weighted by Gasteiger charge is 2.24. The zero-order valence-corrected chi connectivity index (χ0v) is 18.1. The highest BCUT2D eigenvalue weighted by molar-refractivity contribution is 7.22. The number of benzene rings is 2. The number of carbonyl (C=O) groups is 1. The number of aryl methyl sites for hydroxylation is 2. The predicted molar refractivity (Wildman–Crippen MR) is 121 cm³/mol. The molecule has 3 heterocycles. The third-order valence-electron chi connectivity index (χ3n) is 5.14. The van der Waals surface area contributed by atoms with Crippen LogP contribution >= 0.6 is 11.3 Å². The molecule has 5 rings (SSSR count). The van der Waals surface area contributed by atoms with Crippen molar-refractivity contribution in [2.24, 2.45) is 0 Å². The van der Waals surface area contributed by atoms with Gasteiger partial charge in [-0.25, -0.2) is 4.98 Å². The largest absolute Gasteiger partial charge is 0.486 e. The van der Waals surface area contributed by atoms with Crippen molar-refractivity contribution in [3.8, 4) is 11.5 Å². The monoisotopic (exact) mass is 431 g/mol. The van der Waals surface area contributed by atoms with Crippen LogP contribution in [0.3, 0.4) is 0 Å². The number of hydrogen-bond donors (Lipinski definition) is 0. The minimum Gasteiger partial charge on any atom is -0.486 e. The minimum absolute atomic E-state index is 0.144. The van der Waals surface area contributed by atoms with Gasteiger partial charge < -0.3 is 9.47 Å². The van der Waals surface area contributed by atoms with Crippen LogP contribution in [-0.2, 0) is 6.54 Å². The molecular formula is C24H21N3O3S. The van der Waals surface area contributed by atoms with Gasteiger partial charge in [0, 0.05) is 18.0 Å². The summed E-state index contributed by atoms with van der Waals surface area (Å²) < 4.78 is 12.4. The Morgan fingerprint density at radius 3 is 2.74 bits per heavy atom. The standard InChI is InChI=1S/C24H21N3O3S/c1-15-10-16(2)22-19(11-15)26-24(31-22)27(14-17-4-3-7-25-13-17)23(28)18-5-6-20-21(12-18)30-9-8-29-20/h3-7,10-13H,8-9,14H2,1-2H3. The normalized spacial score (nSPS) is 12.7. The van der Waals surface area contributed by atoms with Crippen molar-refractivity contribution in [1.29, 1.82) is 0 Å². The molecule has 4 aromatic rings. The fraction of sp³-hybridized carbons (Fsp3) is 0.208. The maximum Gasteiger partial charge on any atom is 0.260 e. The number of nitrogens with zero attached hydrogens (tertiary/aromatic N) is 3. The first kappa shape index (κ1) is 19.5. The summed E-state index contributed by atoms with van der Waals surface area (Å²) in [6.07, 6.45) is 3.49. The van der Waals surface area contributed by atoms with Crippen molar-refractivity contribution in [3.05, 3.63) is 77.1 Å². The summed E-state index contributed by atoms with van der Waals surface area (Å²) in [5.41, 5.74) is 4.68. The van der Waals surface area contributed by atoms with Crippen LogP contribution in [0, 0.1) is 13.8 Å². The average Bonchev–Trinajstić information content (AvgIpc) is 3.21. The Labute approximate surface area is 184 Å². The van der Waals surface area contributed by atoms with E-state index in [1.165, 1.54) is 11.3 Å². The number of carbonyl (C=O) groups excluding carboxylic acids is 1. The second-order valence-electron chi connectivity index (χ2n) is 7.54. The molecule has 0 saturated heterocycles. The van der Waals surface area contributed by atoms with Gasteiger partial charge in [0.05, 0.1) is 16.8 Å². The van der Waals surface area contributed by atoms with Gasteiger partial charge in [0.15, 0.2) is 16.6 Å². The Morgan fingerprint density at radius 1 is 1.10 bits per heavy atom. The molecule has 0 spiro atoms. The molecule has 156 valence electrons. The Hall–Kier alpha value is -3.45. The van der Waals surface area contributed by atoms with E-state index in [4.69, 9.17) is 14.5 Å². The lowest BCUT2D eigenvalue weighted by atomic mass is 10.1. The molecule has 1 aliphatic heterocycles. The third-order valence-corrected chi connectivity index (χ3v) is 6.37. The SMILES string of the molecule is Cc1cc(C)c2sc(N(Cc3cccnc3)C(=O)c3ccc4c(c3)OCCO4)nc2c1. The highest BCUT2D eigenvalue weighted by atomic mass is 32.1. The van der Waals surface area contributed by atoms with E-state index in [0.29, 0.717) is 42.0 Å². The number of pyridine rings is 1. The van der Waals surface area contributed by atoms with Gasteiger partial charge in [-0.05, 0) is 60.9 Å². The summed E-state index contributed by atoms with van der Waals surface area (Å²) in [5, 5.41) is 0.660. The first-order chi connectivity index (χ1) is 15.1. The zero-order valence-electron chi connectivity index (χ0n) is 17.3. The summed E-state index contributed by atoms with van der Waals surface area (Å²) >= 11 is 1.53. The number of aromatic nitrogens is 2. The Kier molecular flexibility index (Phi) is 5.03. The molecule has 0 atom stereocenters. The molecule has 0 bridgehead atoms. The van der Waals surface area contributed by atoms with E-state index in [9.17, 15) is 4.79 Å². The molecule has 2 aromatic carbocycles. The molecule has 6 nitrogen and oxygen atoms in total. The molecule has 1 aliphatic rings. The number of thiazole rings is 1. The zero-order chi connectivity index (χ0) is 21.4. The molecule has 0 aliphatic carbocycles. The van der Waals surface area contributed by atoms with Crippen LogP contribution in [0.1, 0.15) is 27.0 Å². The fourth-order valence-corrected chi connectivity index (χ4v) is 4.73. The van der Waals surface area contributed by atoms with Crippen LogP contribution in [0.15, 0.2) is 54.9 Å². The van der Waals surface area contributed by atoms with E-state index in [-0.39, 0.29) is 5.91 Å². The molecule has 31 heavy (non-hydrogen) atoms. The lowest BCUT2D eigenvalue weighted by Gasteiger charge is -2.22. The molecule has 0 radical (unpaired) electrons. The number of anilines is 1. The summed E-state index contributed by atoms with van der Waals surface area (Å²) in [7, 11) is 0. The maximum atomic E-state index is 13.6. The quantitative estimate of drug-likeness (QED) is 0.459. The van der Waals surface area contributed by atoms with Crippen LogP contribution in [0.5, 0.6) is 11.5 Å². The first-order valence-corrected chi connectivity index (χ1v) is 10.9. The van der Waals surface area contributed by atoms with E-state index in [1.807, 2.05) is 12.1 Å². The molecule has 0 N–H and O–H groups in total. The van der Waals surface area contributed by atoms with Crippen LogP contribution in [-0.4, -0.2) is 29.1 Å². The lowest BCUT2D eigenvalue weighted by molar-refractivity contribution is 0.0984. The van der Waals surface area contributed by atoms with Crippen molar-refractivity contribution in [3.63, 3.8) is 0 Å². The summed E-state index contributed by atoms with van der Waals surface area (Å²) in [4.78, 5) is 24.4. The second kappa shape index (κ2) is 8.00. The third kappa shape index (κ3) is 3.84. The van der Waals surface area contributed by atoms with Crippen molar-refractivity contribution >= 4 is 32.6 Å². The van der Waals surface area contributed by atoms with Crippen LogP contribution in [0.2, 0.25) is 0 Å². The number of hydrogen-bond acceptors (Lipinski definition) is 6. The summed E-state index contributed by atoms with van der Waals surface area (Å²) in [5.74, 6) is 1.11. The van der Waals surface area contributed by atoms with E-state index in [0.717, 1.165) is 26.9 Å². The van der Waals surface area contributed by atoms with Crippen LogP contribution in [0.4, 0.5) is 5.13 Å². The van der Waals surface area contributed by atoms with Crippen molar-refractivity contribution in [2.45, 2.75) is 20.4 Å². The summed E-state index contributed by atoms with van der Waals surface area (Å²) in [6, 6.07) is 13.3. The Morgan fingerprint density at radius 2 is 1.94 bits per heavy atom. The molecular weight excluding hydrogens is 410 g/mol. The highest BCUT2D eigenvalue weighted by Crippen LogP contribution is 2.35. The van der Waals surface area contributed by atoms with Gasteiger partial charge in [-0.2, -0.15) is 0 Å². The van der Waals surface area contributed by atoms with Gasteiger partial charge >= 0.3 is 0 Å². The van der Waals surface area contributed by atoms with Crippen molar-refractivity contribution in [2.75, 3.05) is 18.1 Å². The fourth-order valence-electron chi connectivity index (χ4n) is 3.71. The van der Waals surface area contributed by atoms with Gasteiger partial charge in [0.2, 0.25) is 0 Å². The van der Waals surface area contributed by atoms with Gasteiger partial charge in [0.25, 0.3) is 5.91 Å². The molecule has 0 unspecified atom stereocenters. The van der Waals surface area contributed by atoms with Crippen LogP contribution < -0.4 is 14.4 Å². The van der Waals surface area contributed by atoms with E-state index >= 15 is 0 Å². The first-order valence-electron chi connectivity index (χ1n) is 10.1. The van der Waals surface area contributed by atoms with Crippen molar-refractivity contribution < 1.29 is 14.3 Å². The molecule has 0 fully saturated rings. The van der Waals surface area contributed by atoms with Gasteiger partial charge in [-0.15, -0.1) is 0 Å². The number of ether oxygens (including phenoxy) is 2. The molecule has 7 heteroatoms. The van der Waals surface area contributed by atoms with Crippen LogP contribution in [0.25, 0.3) is 10.2 Å². The van der Waals surface area contributed by atoms with Gasteiger partial charge in [-0.1, -0.05) is 23.5 Å². The number of rotatable bonds is 4. The number of fused-ring (bicyclic) bond motifs is 2. The predicted octanol–water partition coefficient (Wildman–Crippen LogP) is 4.93. The van der Waals surface area contributed by atoms with E-state index < -0.39 is 0 Å². The molecule has 2 aromatic heterocycles. The van der Waals surface area contributed by atoms with Gasteiger partial charge in [0.1, 0.15) is 13.2 Å². The Balaban J connectivity index is 1.57. The average molecular weight is 432 g/mol. The van der Waals surface area contributed by atoms with Crippen molar-refractivity contribution in [1.82, 2.24) is 9.97 Å². The topological polar surface area (TPSA) is 64.6 Å². The van der Waals surface area contributed by atoms with Gasteiger partial charge in [-0.3, -0.25) is 14.7 Å². The maximum absolute atomic E-state index is 13.6. The Bertz CT molecular complexity index is 1270. The smallest absolute Gasteiger partial charge is 0.260 e. The lowest BCUT2D eigenvalue weighted by Crippen LogP contribution is -2.30. The van der Waals surface area contributed by atoms with E-state index in [2.05, 4.69) is 31.0 Å². The second-order valence-corrected chi connectivity index (χ2v) is 8.52. The summed E-state index contributed by atoms with van der Waals surface area (Å²) in [6.45, 7) is 5.49. The molecule has 0 saturated carbocycles. The van der Waals surface area contributed by atoms with E-state index in [1.54, 1.807) is 35.5 Å². The minimum atomic E-state index is -0.144. The molecule has 1 amide bonds. The number of amides is 1.